The van der Waals surface area contributed by atoms with Crippen molar-refractivity contribution >= 4 is 11.7 Å². The third-order valence-corrected chi connectivity index (χ3v) is 2.75. The van der Waals surface area contributed by atoms with Crippen LogP contribution in [0.3, 0.4) is 0 Å². The summed E-state index contributed by atoms with van der Waals surface area (Å²) in [6, 6.07) is 8.09. The topological polar surface area (TPSA) is 59.8 Å². The van der Waals surface area contributed by atoms with E-state index in [4.69, 9.17) is 0 Å². The van der Waals surface area contributed by atoms with Gasteiger partial charge in [0.1, 0.15) is 0 Å². The van der Waals surface area contributed by atoms with Crippen molar-refractivity contribution in [3.63, 3.8) is 0 Å². The van der Waals surface area contributed by atoms with Gasteiger partial charge in [-0.3, -0.25) is 4.79 Å². The van der Waals surface area contributed by atoms with Crippen molar-refractivity contribution in [1.82, 2.24) is 15.0 Å². The van der Waals surface area contributed by atoms with Gasteiger partial charge in [0.05, 0.1) is 6.20 Å². The van der Waals surface area contributed by atoms with Crippen LogP contribution >= 0.6 is 0 Å². The Labute approximate surface area is 106 Å². The molecule has 0 radical (unpaired) electrons. The number of hydrogen-bond acceptors (Lipinski definition) is 3. The smallest absolute Gasteiger partial charge is 0.225 e. The van der Waals surface area contributed by atoms with Crippen molar-refractivity contribution in [2.45, 2.75) is 19.8 Å². The second-order valence-corrected chi connectivity index (χ2v) is 4.19. The number of rotatable bonds is 4. The van der Waals surface area contributed by atoms with Gasteiger partial charge in [-0.05, 0) is 24.5 Å². The third-order valence-electron chi connectivity index (χ3n) is 2.75. The zero-order chi connectivity index (χ0) is 13.0. The average molecular weight is 244 g/mol. The molecular formula is C13H16N4O. The van der Waals surface area contributed by atoms with Gasteiger partial charge in [-0.1, -0.05) is 24.3 Å². The number of carbonyl (C=O) groups excluding carboxylic acids is 1. The van der Waals surface area contributed by atoms with Crippen LogP contribution in [-0.4, -0.2) is 20.9 Å². The van der Waals surface area contributed by atoms with E-state index in [2.05, 4.69) is 28.5 Å². The summed E-state index contributed by atoms with van der Waals surface area (Å²) in [6.45, 7) is 2.05. The van der Waals surface area contributed by atoms with E-state index in [9.17, 15) is 4.79 Å². The number of nitrogens with zero attached hydrogens (tertiary/aromatic N) is 3. The summed E-state index contributed by atoms with van der Waals surface area (Å²) in [5.41, 5.74) is 2.41. The zero-order valence-corrected chi connectivity index (χ0v) is 10.6. The van der Waals surface area contributed by atoms with Crippen molar-refractivity contribution in [3.8, 4) is 0 Å². The molecule has 1 aromatic carbocycles. The van der Waals surface area contributed by atoms with E-state index in [1.807, 2.05) is 18.2 Å². The van der Waals surface area contributed by atoms with Crippen LogP contribution in [0.15, 0.2) is 30.5 Å². The molecule has 0 saturated heterocycles. The number of aromatic nitrogens is 3. The Bertz CT molecular complexity index is 547. The minimum atomic E-state index is -0.0428. The van der Waals surface area contributed by atoms with Crippen LogP contribution in [0.2, 0.25) is 0 Å². The molecule has 1 heterocycles. The molecule has 5 heteroatoms. The lowest BCUT2D eigenvalue weighted by Gasteiger charge is -2.05. The Morgan fingerprint density at radius 1 is 1.39 bits per heavy atom. The monoisotopic (exact) mass is 244 g/mol. The molecule has 0 aliphatic carbocycles. The Kier molecular flexibility index (Phi) is 3.72. The molecule has 1 aromatic heterocycles. The second-order valence-electron chi connectivity index (χ2n) is 4.19. The minimum absolute atomic E-state index is 0.0428. The number of carbonyl (C=O) groups is 1. The van der Waals surface area contributed by atoms with Crippen molar-refractivity contribution in [1.29, 1.82) is 0 Å². The van der Waals surface area contributed by atoms with E-state index in [1.54, 1.807) is 7.05 Å². The van der Waals surface area contributed by atoms with Crippen molar-refractivity contribution in [3.05, 3.63) is 41.6 Å². The standard InChI is InChI=1S/C13H16N4O/c1-10-5-3-4-6-11(10)7-8-13(18)15-12-9-14-17(2)16-12/h3-6,9H,7-8H2,1-2H3,(H,15,16,18). The van der Waals surface area contributed by atoms with Crippen LogP contribution in [0, 0.1) is 6.92 Å². The van der Waals surface area contributed by atoms with Gasteiger partial charge in [0.15, 0.2) is 5.82 Å². The maximum absolute atomic E-state index is 11.7. The summed E-state index contributed by atoms with van der Waals surface area (Å²) in [6.07, 6.45) is 2.71. The van der Waals surface area contributed by atoms with Crippen LogP contribution < -0.4 is 5.32 Å². The molecule has 5 nitrogen and oxygen atoms in total. The number of anilines is 1. The summed E-state index contributed by atoms with van der Waals surface area (Å²) >= 11 is 0. The molecule has 0 aliphatic heterocycles. The van der Waals surface area contributed by atoms with Crippen LogP contribution in [0.5, 0.6) is 0 Å². The number of benzene rings is 1. The highest BCUT2D eigenvalue weighted by atomic mass is 16.1. The summed E-state index contributed by atoms with van der Waals surface area (Å²) in [7, 11) is 1.71. The summed E-state index contributed by atoms with van der Waals surface area (Å²) in [4.78, 5) is 13.1. The molecule has 2 aromatic rings. The van der Waals surface area contributed by atoms with E-state index >= 15 is 0 Å². The molecule has 94 valence electrons. The molecule has 1 N–H and O–H groups in total. The highest BCUT2D eigenvalue weighted by molar-refractivity contribution is 5.89. The van der Waals surface area contributed by atoms with Gasteiger partial charge >= 0.3 is 0 Å². The van der Waals surface area contributed by atoms with E-state index in [0.717, 1.165) is 6.42 Å². The molecule has 0 aliphatic rings. The first-order valence-electron chi connectivity index (χ1n) is 5.86. The summed E-state index contributed by atoms with van der Waals surface area (Å²) < 4.78 is 0. The highest BCUT2D eigenvalue weighted by Crippen LogP contribution is 2.10. The quantitative estimate of drug-likeness (QED) is 0.890. The lowest BCUT2D eigenvalue weighted by Crippen LogP contribution is -2.13. The fourth-order valence-electron chi connectivity index (χ4n) is 1.75. The van der Waals surface area contributed by atoms with Gasteiger partial charge in [-0.25, -0.2) is 0 Å². The Hall–Kier alpha value is -2.17. The van der Waals surface area contributed by atoms with Gasteiger partial charge in [-0.2, -0.15) is 9.90 Å². The normalized spacial score (nSPS) is 10.3. The molecule has 2 rings (SSSR count). The van der Waals surface area contributed by atoms with Gasteiger partial charge in [0.2, 0.25) is 5.91 Å². The lowest BCUT2D eigenvalue weighted by molar-refractivity contribution is -0.116. The molecule has 18 heavy (non-hydrogen) atoms. The SMILES string of the molecule is Cc1ccccc1CCC(=O)Nc1cnn(C)n1. The largest absolute Gasteiger partial charge is 0.308 e. The van der Waals surface area contributed by atoms with Gasteiger partial charge in [-0.15, -0.1) is 5.10 Å². The van der Waals surface area contributed by atoms with Crippen LogP contribution in [-0.2, 0) is 18.3 Å². The Morgan fingerprint density at radius 3 is 2.83 bits per heavy atom. The van der Waals surface area contributed by atoms with Gasteiger partial charge in [0.25, 0.3) is 0 Å². The maximum atomic E-state index is 11.7. The molecule has 0 saturated carbocycles. The second kappa shape index (κ2) is 5.44. The molecule has 0 fully saturated rings. The minimum Gasteiger partial charge on any atom is -0.308 e. The number of nitrogens with one attached hydrogen (secondary N) is 1. The third kappa shape index (κ3) is 3.16. The van der Waals surface area contributed by atoms with Crippen LogP contribution in [0.25, 0.3) is 0 Å². The van der Waals surface area contributed by atoms with Crippen molar-refractivity contribution < 1.29 is 4.79 Å². The Balaban J connectivity index is 1.87. The highest BCUT2D eigenvalue weighted by Gasteiger charge is 2.06. The summed E-state index contributed by atoms with van der Waals surface area (Å²) in [5.74, 6) is 0.450. The van der Waals surface area contributed by atoms with E-state index < -0.39 is 0 Å². The summed E-state index contributed by atoms with van der Waals surface area (Å²) in [5, 5.41) is 10.6. The number of hydrogen-bond donors (Lipinski definition) is 1. The molecule has 1 amide bonds. The zero-order valence-electron chi connectivity index (χ0n) is 10.6. The fourth-order valence-corrected chi connectivity index (χ4v) is 1.75. The first-order chi connectivity index (χ1) is 8.65. The fraction of sp³-hybridized carbons (Fsp3) is 0.308. The van der Waals surface area contributed by atoms with Crippen molar-refractivity contribution in [2.24, 2.45) is 7.05 Å². The predicted octanol–water partition coefficient (Wildman–Crippen LogP) is 1.69. The number of aryl methyl sites for hydroxylation is 3. The van der Waals surface area contributed by atoms with Crippen LogP contribution in [0.1, 0.15) is 17.5 Å². The molecule has 0 atom stereocenters. The Morgan fingerprint density at radius 2 is 2.17 bits per heavy atom. The molecule has 0 unspecified atom stereocenters. The van der Waals surface area contributed by atoms with E-state index in [0.29, 0.717) is 12.2 Å². The maximum Gasteiger partial charge on any atom is 0.225 e. The molecular weight excluding hydrogens is 228 g/mol. The number of amides is 1. The van der Waals surface area contributed by atoms with Gasteiger partial charge in [0, 0.05) is 13.5 Å². The molecule has 0 bridgehead atoms. The van der Waals surface area contributed by atoms with E-state index in [1.165, 1.54) is 22.1 Å². The first-order valence-corrected chi connectivity index (χ1v) is 5.86. The predicted molar refractivity (Wildman–Crippen MR) is 69.1 cm³/mol. The molecule has 0 spiro atoms. The van der Waals surface area contributed by atoms with Gasteiger partial charge < -0.3 is 5.32 Å². The first kappa shape index (κ1) is 12.3. The van der Waals surface area contributed by atoms with Crippen molar-refractivity contribution in [2.75, 3.05) is 5.32 Å². The lowest BCUT2D eigenvalue weighted by atomic mass is 10.0. The van der Waals surface area contributed by atoms with E-state index in [-0.39, 0.29) is 5.91 Å². The average Bonchev–Trinajstić information content (AvgIpc) is 2.74. The van der Waals surface area contributed by atoms with Crippen LogP contribution in [0.4, 0.5) is 5.82 Å².